The highest BCUT2D eigenvalue weighted by atomic mass is 19.1. The van der Waals surface area contributed by atoms with Crippen molar-refractivity contribution in [3.63, 3.8) is 0 Å². The highest BCUT2D eigenvalue weighted by molar-refractivity contribution is 5.59. The predicted molar refractivity (Wildman–Crippen MR) is 56.6 cm³/mol. The molecule has 5 heteroatoms. The van der Waals surface area contributed by atoms with Crippen molar-refractivity contribution >= 4 is 5.82 Å². The third kappa shape index (κ3) is 1.68. The SMILES string of the molecule is N#Cc1cnc(-c2ccccc2F)nc1N. The van der Waals surface area contributed by atoms with Crippen LogP contribution in [0.4, 0.5) is 10.2 Å². The maximum atomic E-state index is 13.4. The number of aromatic nitrogens is 2. The van der Waals surface area contributed by atoms with Gasteiger partial charge in [0.2, 0.25) is 0 Å². The predicted octanol–water partition coefficient (Wildman–Crippen LogP) is 1.74. The molecule has 2 aromatic rings. The summed E-state index contributed by atoms with van der Waals surface area (Å²) in [7, 11) is 0. The Morgan fingerprint density at radius 2 is 2.06 bits per heavy atom. The molecule has 0 fully saturated rings. The maximum absolute atomic E-state index is 13.4. The van der Waals surface area contributed by atoms with E-state index in [9.17, 15) is 4.39 Å². The quantitative estimate of drug-likeness (QED) is 0.784. The molecule has 0 amide bonds. The van der Waals surface area contributed by atoms with Gasteiger partial charge >= 0.3 is 0 Å². The third-order valence-corrected chi connectivity index (χ3v) is 2.05. The summed E-state index contributed by atoms with van der Waals surface area (Å²) in [5.41, 5.74) is 5.97. The number of hydrogen-bond acceptors (Lipinski definition) is 4. The molecule has 0 bridgehead atoms. The standard InChI is InChI=1S/C11H7FN4/c12-9-4-2-1-3-8(9)11-15-6-7(5-13)10(14)16-11/h1-4,6H,(H2,14,15,16). The normalized spacial score (nSPS) is 9.75. The van der Waals surface area contributed by atoms with E-state index in [0.29, 0.717) is 0 Å². The van der Waals surface area contributed by atoms with Gasteiger partial charge in [-0.05, 0) is 12.1 Å². The van der Waals surface area contributed by atoms with E-state index in [2.05, 4.69) is 9.97 Å². The van der Waals surface area contributed by atoms with E-state index in [-0.39, 0.29) is 22.8 Å². The summed E-state index contributed by atoms with van der Waals surface area (Å²) in [4.78, 5) is 7.77. The van der Waals surface area contributed by atoms with Gasteiger partial charge in [-0.1, -0.05) is 12.1 Å². The molecular weight excluding hydrogens is 207 g/mol. The zero-order chi connectivity index (χ0) is 11.5. The fourth-order valence-corrected chi connectivity index (χ4v) is 1.25. The van der Waals surface area contributed by atoms with Crippen LogP contribution >= 0.6 is 0 Å². The smallest absolute Gasteiger partial charge is 0.164 e. The third-order valence-electron chi connectivity index (χ3n) is 2.05. The molecular formula is C11H7FN4. The fourth-order valence-electron chi connectivity index (χ4n) is 1.25. The zero-order valence-corrected chi connectivity index (χ0v) is 8.18. The van der Waals surface area contributed by atoms with Crippen molar-refractivity contribution in [1.82, 2.24) is 9.97 Å². The molecule has 1 aromatic heterocycles. The molecule has 0 spiro atoms. The second-order valence-electron chi connectivity index (χ2n) is 3.08. The molecule has 1 aromatic carbocycles. The minimum atomic E-state index is -0.424. The number of halogens is 1. The van der Waals surface area contributed by atoms with Gasteiger partial charge in [-0.2, -0.15) is 5.26 Å². The Morgan fingerprint density at radius 3 is 2.69 bits per heavy atom. The highest BCUT2D eigenvalue weighted by Crippen LogP contribution is 2.19. The van der Waals surface area contributed by atoms with Crippen LogP contribution in [-0.4, -0.2) is 9.97 Å². The number of rotatable bonds is 1. The van der Waals surface area contributed by atoms with Crippen LogP contribution in [0.25, 0.3) is 11.4 Å². The molecule has 1 heterocycles. The molecule has 16 heavy (non-hydrogen) atoms. The monoisotopic (exact) mass is 214 g/mol. The van der Waals surface area contributed by atoms with Crippen LogP contribution in [0.1, 0.15) is 5.56 Å². The van der Waals surface area contributed by atoms with Gasteiger partial charge in [0.15, 0.2) is 5.82 Å². The van der Waals surface area contributed by atoms with E-state index >= 15 is 0 Å². The van der Waals surface area contributed by atoms with Crippen molar-refractivity contribution in [2.45, 2.75) is 0 Å². The second kappa shape index (κ2) is 3.95. The van der Waals surface area contributed by atoms with E-state index in [4.69, 9.17) is 11.0 Å². The van der Waals surface area contributed by atoms with Crippen LogP contribution in [0.3, 0.4) is 0 Å². The first-order valence-electron chi connectivity index (χ1n) is 4.50. The van der Waals surface area contributed by atoms with E-state index in [0.717, 1.165) is 0 Å². The van der Waals surface area contributed by atoms with Crippen molar-refractivity contribution < 1.29 is 4.39 Å². The van der Waals surface area contributed by atoms with Crippen LogP contribution in [-0.2, 0) is 0 Å². The lowest BCUT2D eigenvalue weighted by atomic mass is 10.2. The van der Waals surface area contributed by atoms with Crippen LogP contribution < -0.4 is 5.73 Å². The average molecular weight is 214 g/mol. The van der Waals surface area contributed by atoms with Gasteiger partial charge in [0, 0.05) is 0 Å². The Balaban J connectivity index is 2.55. The molecule has 2 rings (SSSR count). The molecule has 4 nitrogen and oxygen atoms in total. The van der Waals surface area contributed by atoms with Gasteiger partial charge in [0.25, 0.3) is 0 Å². The summed E-state index contributed by atoms with van der Waals surface area (Å²) in [6.45, 7) is 0. The molecule has 0 atom stereocenters. The molecule has 0 radical (unpaired) electrons. The highest BCUT2D eigenvalue weighted by Gasteiger charge is 2.09. The van der Waals surface area contributed by atoms with Crippen LogP contribution in [0.5, 0.6) is 0 Å². The maximum Gasteiger partial charge on any atom is 0.164 e. The Labute approximate surface area is 91.2 Å². The summed E-state index contributed by atoms with van der Waals surface area (Å²) in [6, 6.07) is 7.96. The summed E-state index contributed by atoms with van der Waals surface area (Å²) < 4.78 is 13.4. The van der Waals surface area contributed by atoms with E-state index in [1.54, 1.807) is 18.2 Å². The van der Waals surface area contributed by atoms with Gasteiger partial charge in [-0.15, -0.1) is 0 Å². The number of anilines is 1. The number of nitriles is 1. The van der Waals surface area contributed by atoms with Crippen LogP contribution in [0.2, 0.25) is 0 Å². The van der Waals surface area contributed by atoms with Gasteiger partial charge in [-0.3, -0.25) is 0 Å². The Hall–Kier alpha value is -2.48. The van der Waals surface area contributed by atoms with E-state index < -0.39 is 5.82 Å². The summed E-state index contributed by atoms with van der Waals surface area (Å²) in [5, 5.41) is 8.65. The lowest BCUT2D eigenvalue weighted by molar-refractivity contribution is 0.630. The van der Waals surface area contributed by atoms with Gasteiger partial charge in [0.05, 0.1) is 11.8 Å². The Morgan fingerprint density at radius 1 is 1.31 bits per heavy atom. The van der Waals surface area contributed by atoms with Gasteiger partial charge < -0.3 is 5.73 Å². The van der Waals surface area contributed by atoms with Crippen molar-refractivity contribution in [2.75, 3.05) is 5.73 Å². The first-order valence-corrected chi connectivity index (χ1v) is 4.50. The number of nitrogen functional groups attached to an aromatic ring is 1. The van der Waals surface area contributed by atoms with Crippen LogP contribution in [0, 0.1) is 17.1 Å². The number of nitrogens with zero attached hydrogens (tertiary/aromatic N) is 3. The first kappa shape index (κ1) is 10.1. The first-order chi connectivity index (χ1) is 7.72. The fraction of sp³-hybridized carbons (Fsp3) is 0. The Kier molecular flexibility index (Phi) is 2.48. The number of hydrogen-bond donors (Lipinski definition) is 1. The van der Waals surface area contributed by atoms with Crippen LogP contribution in [0.15, 0.2) is 30.5 Å². The molecule has 0 aliphatic heterocycles. The zero-order valence-electron chi connectivity index (χ0n) is 8.18. The van der Waals surface area contributed by atoms with Gasteiger partial charge in [-0.25, -0.2) is 14.4 Å². The van der Waals surface area contributed by atoms with E-state index in [1.165, 1.54) is 12.3 Å². The van der Waals surface area contributed by atoms with Crippen molar-refractivity contribution in [3.05, 3.63) is 41.8 Å². The summed E-state index contributed by atoms with van der Waals surface area (Å²) in [5.74, 6) is -0.197. The van der Waals surface area contributed by atoms with Crippen molar-refractivity contribution in [3.8, 4) is 17.5 Å². The molecule has 2 N–H and O–H groups in total. The number of nitrogens with two attached hydrogens (primary N) is 1. The molecule has 0 aliphatic carbocycles. The van der Waals surface area contributed by atoms with Crippen molar-refractivity contribution in [2.24, 2.45) is 0 Å². The lowest BCUT2D eigenvalue weighted by Gasteiger charge is -2.02. The summed E-state index contributed by atoms with van der Waals surface area (Å²) in [6.07, 6.45) is 1.28. The minimum absolute atomic E-state index is 0.0516. The summed E-state index contributed by atoms with van der Waals surface area (Å²) >= 11 is 0. The molecule has 0 aliphatic rings. The lowest BCUT2D eigenvalue weighted by Crippen LogP contribution is -1.99. The average Bonchev–Trinajstić information content (AvgIpc) is 2.29. The molecule has 0 saturated heterocycles. The Bertz CT molecular complexity index is 574. The van der Waals surface area contributed by atoms with E-state index in [1.807, 2.05) is 6.07 Å². The van der Waals surface area contributed by atoms with Gasteiger partial charge in [0.1, 0.15) is 23.3 Å². The molecule has 78 valence electrons. The van der Waals surface area contributed by atoms with Crippen molar-refractivity contribution in [1.29, 1.82) is 5.26 Å². The largest absolute Gasteiger partial charge is 0.382 e. The molecule has 0 saturated carbocycles. The molecule has 0 unspecified atom stereocenters. The second-order valence-corrected chi connectivity index (χ2v) is 3.08. The number of benzene rings is 1. The minimum Gasteiger partial charge on any atom is -0.382 e. The topological polar surface area (TPSA) is 75.6 Å².